The molecule has 85 heavy (non-hydrogen) atoms. The Morgan fingerprint density at radius 1 is 0.365 bits per heavy atom. The van der Waals surface area contributed by atoms with Crippen LogP contribution in [-0.4, -0.2) is 70.0 Å². The van der Waals surface area contributed by atoms with Crippen LogP contribution in [0.25, 0.3) is 0 Å². The molecule has 2 atom stereocenters. The zero-order valence-electron chi connectivity index (χ0n) is 57.6. The molecule has 0 aromatic heterocycles. The third-order valence-electron chi connectivity index (χ3n) is 17.2. The number of hydrogen-bond donors (Lipinski definition) is 0. The van der Waals surface area contributed by atoms with Crippen LogP contribution in [0, 0.1) is 0 Å². The predicted octanol–water partition coefficient (Wildman–Crippen LogP) is 23.8. The number of likely N-dealkylation sites (N-methyl/N-ethyl adjacent to an activating group) is 1. The number of unbranched alkanes of at least 4 members (excludes halogenated alkanes) is 53. The summed E-state index contributed by atoms with van der Waals surface area (Å²) in [5.74, 6) is -0.806. The molecule has 10 heteroatoms. The summed E-state index contributed by atoms with van der Waals surface area (Å²) in [7, 11) is 1.19. The smallest absolute Gasteiger partial charge is 0.306 e. The molecule has 0 aromatic rings. The Morgan fingerprint density at radius 3 is 0.929 bits per heavy atom. The van der Waals surface area contributed by atoms with Crippen molar-refractivity contribution in [1.82, 2.24) is 0 Å². The van der Waals surface area contributed by atoms with Crippen LogP contribution >= 0.6 is 7.82 Å². The van der Waals surface area contributed by atoms with Crippen LogP contribution in [0.1, 0.15) is 393 Å². The van der Waals surface area contributed by atoms with Gasteiger partial charge < -0.3 is 27.9 Å². The minimum absolute atomic E-state index is 0.0264. The number of nitrogens with zero attached hydrogens (tertiary/aromatic N) is 1. The third kappa shape index (κ3) is 71.4. The number of phosphoric ester groups is 1. The topological polar surface area (TPSA) is 111 Å². The van der Waals surface area contributed by atoms with Crippen LogP contribution in [0.15, 0.2) is 24.3 Å². The molecule has 0 heterocycles. The lowest BCUT2D eigenvalue weighted by molar-refractivity contribution is -0.870. The van der Waals surface area contributed by atoms with Gasteiger partial charge in [0.1, 0.15) is 19.8 Å². The molecule has 0 fully saturated rings. The average Bonchev–Trinajstić information content (AvgIpc) is 3.54. The quantitative estimate of drug-likeness (QED) is 0.0195. The molecule has 0 aliphatic carbocycles. The van der Waals surface area contributed by atoms with E-state index in [1.807, 2.05) is 21.1 Å². The lowest BCUT2D eigenvalue weighted by Crippen LogP contribution is -2.37. The van der Waals surface area contributed by atoms with E-state index < -0.39 is 26.5 Å². The number of allylic oxidation sites excluding steroid dienone is 4. The fraction of sp³-hybridized carbons (Fsp3) is 0.920. The van der Waals surface area contributed by atoms with Gasteiger partial charge in [-0.1, -0.05) is 359 Å². The van der Waals surface area contributed by atoms with Gasteiger partial charge >= 0.3 is 11.9 Å². The standard InChI is InChI=1S/C75H146NO8P/c1-6-8-10-12-14-16-18-20-22-24-26-28-30-32-34-36-37-38-39-40-42-44-46-48-50-52-54-56-58-60-62-64-66-68-75(78)84-73(72-83-85(79,80)82-70-69-76(3,4)5)71-81-74(77)67-65-63-61-59-57-55-53-51-49-47-45-43-41-35-33-31-29-27-25-23-21-19-17-15-13-11-9-7-2/h18,20,24,26,73H,6-17,19,21-23,25,27-72H2,1-5H3/b20-18-,26-24-. The fourth-order valence-corrected chi connectivity index (χ4v) is 12.2. The van der Waals surface area contributed by atoms with E-state index in [-0.39, 0.29) is 32.0 Å². The average molecular weight is 1220 g/mol. The molecule has 9 nitrogen and oxygen atoms in total. The van der Waals surface area contributed by atoms with Crippen molar-refractivity contribution in [3.05, 3.63) is 24.3 Å². The number of esters is 2. The summed E-state index contributed by atoms with van der Waals surface area (Å²) in [5, 5.41) is 0. The minimum atomic E-state index is -4.64. The highest BCUT2D eigenvalue weighted by molar-refractivity contribution is 7.45. The van der Waals surface area contributed by atoms with Crippen molar-refractivity contribution in [1.29, 1.82) is 0 Å². The van der Waals surface area contributed by atoms with Crippen LogP contribution in [0.3, 0.4) is 0 Å². The summed E-state index contributed by atoms with van der Waals surface area (Å²) < 4.78 is 34.4. The first-order valence-corrected chi connectivity index (χ1v) is 39.0. The lowest BCUT2D eigenvalue weighted by atomic mass is 10.0. The van der Waals surface area contributed by atoms with Crippen LogP contribution in [0.4, 0.5) is 0 Å². The Morgan fingerprint density at radius 2 is 0.635 bits per heavy atom. The first kappa shape index (κ1) is 83.5. The van der Waals surface area contributed by atoms with E-state index in [2.05, 4.69) is 38.2 Å². The highest BCUT2D eigenvalue weighted by Crippen LogP contribution is 2.38. The van der Waals surface area contributed by atoms with E-state index in [0.29, 0.717) is 17.4 Å². The number of carbonyl (C=O) groups is 2. The molecule has 0 spiro atoms. The van der Waals surface area contributed by atoms with Crippen LogP contribution in [-0.2, 0) is 32.7 Å². The molecule has 504 valence electrons. The predicted molar refractivity (Wildman–Crippen MR) is 365 cm³/mol. The zero-order chi connectivity index (χ0) is 61.9. The van der Waals surface area contributed by atoms with Crippen molar-refractivity contribution in [3.8, 4) is 0 Å². The van der Waals surface area contributed by atoms with Crippen molar-refractivity contribution in [3.63, 3.8) is 0 Å². The van der Waals surface area contributed by atoms with Crippen LogP contribution in [0.5, 0.6) is 0 Å². The summed E-state index contributed by atoms with van der Waals surface area (Å²) in [4.78, 5) is 38.1. The maximum Gasteiger partial charge on any atom is 0.306 e. The molecule has 2 unspecified atom stereocenters. The highest BCUT2D eigenvalue weighted by atomic mass is 31.2. The van der Waals surface area contributed by atoms with Crippen molar-refractivity contribution in [2.75, 3.05) is 47.5 Å². The molecular weight excluding hydrogens is 1070 g/mol. The van der Waals surface area contributed by atoms with Gasteiger partial charge in [-0.15, -0.1) is 0 Å². The van der Waals surface area contributed by atoms with Gasteiger partial charge in [0, 0.05) is 12.8 Å². The maximum atomic E-state index is 12.9. The number of carbonyl (C=O) groups excluding carboxylic acids is 2. The number of hydrogen-bond acceptors (Lipinski definition) is 8. The van der Waals surface area contributed by atoms with E-state index in [1.54, 1.807) is 0 Å². The second kappa shape index (κ2) is 66.9. The van der Waals surface area contributed by atoms with Gasteiger partial charge in [-0.2, -0.15) is 0 Å². The second-order valence-corrected chi connectivity index (χ2v) is 28.4. The molecule has 0 saturated carbocycles. The molecule has 0 saturated heterocycles. The highest BCUT2D eigenvalue weighted by Gasteiger charge is 2.22. The Hall–Kier alpha value is -1.51. The van der Waals surface area contributed by atoms with Gasteiger partial charge in [0.05, 0.1) is 27.7 Å². The van der Waals surface area contributed by atoms with Gasteiger partial charge in [0.25, 0.3) is 7.82 Å². The summed E-state index contributed by atoms with van der Waals surface area (Å²) in [6.07, 6.45) is 84.3. The maximum absolute atomic E-state index is 12.9. The molecule has 0 aliphatic heterocycles. The largest absolute Gasteiger partial charge is 0.756 e. The Kier molecular flexibility index (Phi) is 65.7. The van der Waals surface area contributed by atoms with Crippen molar-refractivity contribution < 1.29 is 42.1 Å². The summed E-state index contributed by atoms with van der Waals surface area (Å²) in [6.45, 7) is 4.32. The fourth-order valence-electron chi connectivity index (χ4n) is 11.5. The Labute approximate surface area is 529 Å². The molecule has 0 aliphatic rings. The summed E-state index contributed by atoms with van der Waals surface area (Å²) in [5.41, 5.74) is 0. The van der Waals surface area contributed by atoms with Gasteiger partial charge in [-0.25, -0.2) is 0 Å². The zero-order valence-corrected chi connectivity index (χ0v) is 58.5. The number of phosphoric acid groups is 1. The van der Waals surface area contributed by atoms with Gasteiger partial charge in [-0.05, 0) is 44.9 Å². The van der Waals surface area contributed by atoms with Gasteiger partial charge in [0.15, 0.2) is 6.10 Å². The van der Waals surface area contributed by atoms with E-state index >= 15 is 0 Å². The van der Waals surface area contributed by atoms with E-state index in [1.165, 1.54) is 321 Å². The molecule has 0 rings (SSSR count). The first-order chi connectivity index (χ1) is 41.5. The Bertz CT molecular complexity index is 1480. The third-order valence-corrected chi connectivity index (χ3v) is 18.2. The van der Waals surface area contributed by atoms with E-state index in [0.717, 1.165) is 38.5 Å². The minimum Gasteiger partial charge on any atom is -0.756 e. The molecule has 0 amide bonds. The molecule has 0 bridgehead atoms. The van der Waals surface area contributed by atoms with Crippen LogP contribution in [0.2, 0.25) is 0 Å². The number of rotatable bonds is 71. The lowest BCUT2D eigenvalue weighted by Gasteiger charge is -2.28. The molecule has 0 radical (unpaired) electrons. The monoisotopic (exact) mass is 1220 g/mol. The Balaban J connectivity index is 3.94. The molecule has 0 aromatic carbocycles. The molecule has 0 N–H and O–H groups in total. The van der Waals surface area contributed by atoms with Crippen molar-refractivity contribution >= 4 is 19.8 Å². The summed E-state index contributed by atoms with van der Waals surface area (Å²) in [6, 6.07) is 0. The van der Waals surface area contributed by atoms with Gasteiger partial charge in [-0.3, -0.25) is 14.2 Å². The SMILES string of the molecule is CCCCCCC/C=C\C/C=C\CCCCCCCCCCCCCCCCCCCCCCCC(=O)OC(COC(=O)CCCCCCCCCCCCCCCCCCCCCCCCCCCCCC)COP(=O)([O-])OCC[N+](C)(C)C. The normalized spacial score (nSPS) is 13.2. The van der Waals surface area contributed by atoms with Crippen molar-refractivity contribution in [2.24, 2.45) is 0 Å². The second-order valence-electron chi connectivity index (χ2n) is 27.0. The van der Waals surface area contributed by atoms with E-state index in [9.17, 15) is 19.0 Å². The summed E-state index contributed by atoms with van der Waals surface area (Å²) >= 11 is 0. The first-order valence-electron chi connectivity index (χ1n) is 37.5. The van der Waals surface area contributed by atoms with Crippen molar-refractivity contribution in [2.45, 2.75) is 399 Å². The van der Waals surface area contributed by atoms with E-state index in [4.69, 9.17) is 18.5 Å². The number of quaternary nitrogens is 1. The number of ether oxygens (including phenoxy) is 2. The van der Waals surface area contributed by atoms with Crippen LogP contribution < -0.4 is 4.89 Å². The van der Waals surface area contributed by atoms with Gasteiger partial charge in [0.2, 0.25) is 0 Å². The molecular formula is C75H146NO8P.